The SMILES string of the molecule is CSc1cccc(-c2nc(-c3cccc(C)n3)nc3ccccc23)c1. The van der Waals surface area contributed by atoms with Crippen LogP contribution in [0.5, 0.6) is 0 Å². The summed E-state index contributed by atoms with van der Waals surface area (Å²) in [7, 11) is 0. The van der Waals surface area contributed by atoms with Gasteiger partial charge in [0.2, 0.25) is 0 Å². The fourth-order valence-corrected chi connectivity index (χ4v) is 3.31. The van der Waals surface area contributed by atoms with Gasteiger partial charge in [-0.3, -0.25) is 0 Å². The Labute approximate surface area is 151 Å². The van der Waals surface area contributed by atoms with Crippen LogP contribution < -0.4 is 0 Å². The molecule has 0 unspecified atom stereocenters. The minimum atomic E-state index is 0.659. The van der Waals surface area contributed by atoms with E-state index in [-0.39, 0.29) is 0 Å². The summed E-state index contributed by atoms with van der Waals surface area (Å²) < 4.78 is 0. The average Bonchev–Trinajstić information content (AvgIpc) is 2.67. The highest BCUT2D eigenvalue weighted by molar-refractivity contribution is 7.98. The zero-order chi connectivity index (χ0) is 17.2. The third-order valence-corrected chi connectivity index (χ3v) is 4.79. The second-order valence-electron chi connectivity index (χ2n) is 5.81. The van der Waals surface area contributed by atoms with Gasteiger partial charge in [0, 0.05) is 21.5 Å². The first-order valence-corrected chi connectivity index (χ1v) is 9.32. The lowest BCUT2D eigenvalue weighted by molar-refractivity contribution is 1.14. The van der Waals surface area contributed by atoms with Crippen LogP contribution in [0.1, 0.15) is 5.69 Å². The van der Waals surface area contributed by atoms with Crippen molar-refractivity contribution in [3.05, 3.63) is 72.4 Å². The molecule has 4 rings (SSSR count). The third kappa shape index (κ3) is 3.13. The van der Waals surface area contributed by atoms with E-state index >= 15 is 0 Å². The Morgan fingerprint density at radius 3 is 2.48 bits per heavy atom. The van der Waals surface area contributed by atoms with Gasteiger partial charge in [0.05, 0.1) is 11.2 Å². The molecular weight excluding hydrogens is 326 g/mol. The number of nitrogens with zero attached hydrogens (tertiary/aromatic N) is 3. The number of hydrogen-bond donors (Lipinski definition) is 0. The number of rotatable bonds is 3. The topological polar surface area (TPSA) is 38.7 Å². The number of aryl methyl sites for hydroxylation is 1. The van der Waals surface area contributed by atoms with Crippen LogP contribution in [0.3, 0.4) is 0 Å². The smallest absolute Gasteiger partial charge is 0.179 e. The molecular formula is C21H17N3S. The van der Waals surface area contributed by atoms with Gasteiger partial charge in [0.25, 0.3) is 0 Å². The van der Waals surface area contributed by atoms with Crippen LogP contribution in [-0.4, -0.2) is 21.2 Å². The molecule has 0 radical (unpaired) electrons. The van der Waals surface area contributed by atoms with Crippen LogP contribution in [0.25, 0.3) is 33.7 Å². The van der Waals surface area contributed by atoms with Crippen LogP contribution in [0, 0.1) is 6.92 Å². The first-order valence-electron chi connectivity index (χ1n) is 8.10. The van der Waals surface area contributed by atoms with Gasteiger partial charge < -0.3 is 0 Å². The van der Waals surface area contributed by atoms with E-state index in [0.29, 0.717) is 5.82 Å². The molecule has 25 heavy (non-hydrogen) atoms. The number of aromatic nitrogens is 3. The first kappa shape index (κ1) is 15.8. The molecule has 0 amide bonds. The minimum Gasteiger partial charge on any atom is -0.250 e. The van der Waals surface area contributed by atoms with Crippen molar-refractivity contribution in [3.8, 4) is 22.8 Å². The van der Waals surface area contributed by atoms with Crippen molar-refractivity contribution < 1.29 is 0 Å². The fraction of sp³-hybridized carbons (Fsp3) is 0.0952. The first-order chi connectivity index (χ1) is 12.2. The Morgan fingerprint density at radius 2 is 1.64 bits per heavy atom. The lowest BCUT2D eigenvalue weighted by atomic mass is 10.1. The standard InChI is InChI=1S/C21H17N3S/c1-14-7-5-12-19(22-14)21-23-18-11-4-3-10-17(18)20(24-21)15-8-6-9-16(13-15)25-2/h3-13H,1-2H3. The van der Waals surface area contributed by atoms with E-state index in [0.717, 1.165) is 33.5 Å². The average molecular weight is 343 g/mol. The summed E-state index contributed by atoms with van der Waals surface area (Å²) in [6.07, 6.45) is 2.08. The molecule has 122 valence electrons. The molecule has 0 N–H and O–H groups in total. The quantitative estimate of drug-likeness (QED) is 0.468. The number of benzene rings is 2. The van der Waals surface area contributed by atoms with Crippen LogP contribution in [0.2, 0.25) is 0 Å². The molecule has 0 aliphatic heterocycles. The largest absolute Gasteiger partial charge is 0.250 e. The lowest BCUT2D eigenvalue weighted by Crippen LogP contribution is -1.97. The van der Waals surface area contributed by atoms with Crippen molar-refractivity contribution in [2.24, 2.45) is 0 Å². The van der Waals surface area contributed by atoms with E-state index < -0.39 is 0 Å². The highest BCUT2D eigenvalue weighted by Crippen LogP contribution is 2.30. The van der Waals surface area contributed by atoms with Crippen LogP contribution in [-0.2, 0) is 0 Å². The molecule has 2 aromatic heterocycles. The highest BCUT2D eigenvalue weighted by Gasteiger charge is 2.12. The van der Waals surface area contributed by atoms with E-state index in [1.807, 2.05) is 43.3 Å². The van der Waals surface area contributed by atoms with Crippen LogP contribution in [0.15, 0.2) is 71.6 Å². The molecule has 0 aliphatic carbocycles. The molecule has 4 heteroatoms. The fourth-order valence-electron chi connectivity index (χ4n) is 2.85. The van der Waals surface area contributed by atoms with E-state index in [4.69, 9.17) is 9.97 Å². The van der Waals surface area contributed by atoms with Crippen molar-refractivity contribution in [2.45, 2.75) is 11.8 Å². The molecule has 0 fully saturated rings. The lowest BCUT2D eigenvalue weighted by Gasteiger charge is -2.10. The molecule has 0 bridgehead atoms. The Kier molecular flexibility index (Phi) is 4.20. The van der Waals surface area contributed by atoms with E-state index in [1.54, 1.807) is 11.8 Å². The van der Waals surface area contributed by atoms with Gasteiger partial charge in [0.1, 0.15) is 5.69 Å². The normalized spacial score (nSPS) is 11.0. The molecule has 2 heterocycles. The molecule has 2 aromatic carbocycles. The van der Waals surface area contributed by atoms with Crippen LogP contribution in [0.4, 0.5) is 0 Å². The maximum atomic E-state index is 4.88. The summed E-state index contributed by atoms with van der Waals surface area (Å²) in [4.78, 5) is 15.4. The van der Waals surface area contributed by atoms with E-state index in [1.165, 1.54) is 4.90 Å². The number of hydrogen-bond acceptors (Lipinski definition) is 4. The van der Waals surface area contributed by atoms with Crippen molar-refractivity contribution >= 4 is 22.7 Å². The van der Waals surface area contributed by atoms with Crippen molar-refractivity contribution in [2.75, 3.05) is 6.26 Å². The Hall–Kier alpha value is -2.72. The second kappa shape index (κ2) is 6.65. The molecule has 0 aliphatic rings. The number of thioether (sulfide) groups is 1. The Morgan fingerprint density at radius 1 is 0.800 bits per heavy atom. The zero-order valence-corrected chi connectivity index (χ0v) is 14.9. The molecule has 0 spiro atoms. The monoisotopic (exact) mass is 343 g/mol. The summed E-state index contributed by atoms with van der Waals surface area (Å²) >= 11 is 1.73. The predicted molar refractivity (Wildman–Crippen MR) is 105 cm³/mol. The van der Waals surface area contributed by atoms with Crippen molar-refractivity contribution in [3.63, 3.8) is 0 Å². The van der Waals surface area contributed by atoms with Gasteiger partial charge >= 0.3 is 0 Å². The maximum Gasteiger partial charge on any atom is 0.179 e. The highest BCUT2D eigenvalue weighted by atomic mass is 32.2. The summed E-state index contributed by atoms with van der Waals surface area (Å²) in [5.74, 6) is 0.659. The Balaban J connectivity index is 1.99. The number of fused-ring (bicyclic) bond motifs is 1. The van der Waals surface area contributed by atoms with Crippen LogP contribution >= 0.6 is 11.8 Å². The zero-order valence-electron chi connectivity index (χ0n) is 14.1. The maximum absolute atomic E-state index is 4.88. The second-order valence-corrected chi connectivity index (χ2v) is 6.69. The Bertz CT molecular complexity index is 1060. The summed E-state index contributed by atoms with van der Waals surface area (Å²) in [5, 5.41) is 1.05. The van der Waals surface area contributed by atoms with E-state index in [2.05, 4.69) is 41.6 Å². The molecule has 4 aromatic rings. The van der Waals surface area contributed by atoms with Gasteiger partial charge in [-0.2, -0.15) is 0 Å². The van der Waals surface area contributed by atoms with Gasteiger partial charge in [-0.15, -0.1) is 11.8 Å². The predicted octanol–water partition coefficient (Wildman–Crippen LogP) is 5.39. The molecule has 0 saturated carbocycles. The molecule has 0 saturated heterocycles. The minimum absolute atomic E-state index is 0.659. The number of para-hydroxylation sites is 1. The molecule has 0 atom stereocenters. The summed E-state index contributed by atoms with van der Waals surface area (Å²) in [6, 6.07) is 22.5. The van der Waals surface area contributed by atoms with E-state index in [9.17, 15) is 0 Å². The van der Waals surface area contributed by atoms with Crippen molar-refractivity contribution in [1.82, 2.24) is 15.0 Å². The van der Waals surface area contributed by atoms with Gasteiger partial charge in [-0.05, 0) is 43.5 Å². The van der Waals surface area contributed by atoms with Gasteiger partial charge in [-0.25, -0.2) is 15.0 Å². The molecule has 3 nitrogen and oxygen atoms in total. The summed E-state index contributed by atoms with van der Waals surface area (Å²) in [6.45, 7) is 1.98. The number of pyridine rings is 1. The summed E-state index contributed by atoms with van der Waals surface area (Å²) in [5.41, 5.74) is 4.73. The van der Waals surface area contributed by atoms with Crippen molar-refractivity contribution in [1.29, 1.82) is 0 Å². The van der Waals surface area contributed by atoms with Gasteiger partial charge in [-0.1, -0.05) is 36.4 Å². The third-order valence-electron chi connectivity index (χ3n) is 4.06. The van der Waals surface area contributed by atoms with Gasteiger partial charge in [0.15, 0.2) is 5.82 Å².